The van der Waals surface area contributed by atoms with Gasteiger partial charge in [0.25, 0.3) is 0 Å². The van der Waals surface area contributed by atoms with Crippen molar-refractivity contribution in [2.24, 2.45) is 45.1 Å². The number of esters is 2. The lowest BCUT2D eigenvalue weighted by Crippen LogP contribution is -2.61. The summed E-state index contributed by atoms with van der Waals surface area (Å²) in [6, 6.07) is 0. The van der Waals surface area contributed by atoms with Crippen LogP contribution in [0.1, 0.15) is 92.9 Å². The molecule has 0 unspecified atom stereocenters. The molecule has 4 aliphatic rings. The van der Waals surface area contributed by atoms with Gasteiger partial charge in [0.05, 0.1) is 5.71 Å². The molecule has 0 aromatic carbocycles. The predicted octanol–water partition coefficient (Wildman–Crippen LogP) is 5.36. The molecule has 0 aromatic rings. The van der Waals surface area contributed by atoms with Gasteiger partial charge >= 0.3 is 11.9 Å². The zero-order valence-corrected chi connectivity index (χ0v) is 20.6. The molecule has 0 radical (unpaired) electrons. The number of oxime groups is 1. The Balaban J connectivity index is 1.64. The maximum Gasteiger partial charge on any atom is 0.302 e. The lowest BCUT2D eigenvalue weighted by atomic mass is 9.40. The van der Waals surface area contributed by atoms with Crippen LogP contribution in [0.5, 0.6) is 0 Å². The number of hydrogen-bond acceptors (Lipinski definition) is 6. The first-order valence-electron chi connectivity index (χ1n) is 12.5. The third-order valence-electron chi connectivity index (χ3n) is 10.7. The van der Waals surface area contributed by atoms with Gasteiger partial charge in [-0.05, 0) is 86.9 Å². The lowest BCUT2D eigenvalue weighted by Gasteiger charge is -2.65. The first-order chi connectivity index (χ1) is 15.0. The summed E-state index contributed by atoms with van der Waals surface area (Å²) in [5.41, 5.74) is 0.912. The number of nitrogens with zero attached hydrogens (tertiary/aromatic N) is 1. The molecule has 1 N–H and O–H groups in total. The molecule has 0 aliphatic heterocycles. The molecule has 9 atom stereocenters. The maximum absolute atomic E-state index is 11.6. The summed E-state index contributed by atoms with van der Waals surface area (Å²) in [6.07, 6.45) is 7.92. The van der Waals surface area contributed by atoms with E-state index in [-0.39, 0.29) is 46.3 Å². The monoisotopic (exact) mass is 447 g/mol. The average molecular weight is 448 g/mol. The van der Waals surface area contributed by atoms with E-state index in [9.17, 15) is 14.8 Å². The van der Waals surface area contributed by atoms with E-state index in [1.54, 1.807) is 0 Å². The zero-order valence-electron chi connectivity index (χ0n) is 20.6. The highest BCUT2D eigenvalue weighted by Crippen LogP contribution is 2.70. The number of rotatable bonds is 3. The van der Waals surface area contributed by atoms with Crippen LogP contribution in [-0.4, -0.2) is 35.1 Å². The van der Waals surface area contributed by atoms with Crippen molar-refractivity contribution in [3.05, 3.63) is 0 Å². The Labute approximate surface area is 192 Å². The Morgan fingerprint density at radius 2 is 1.75 bits per heavy atom. The molecule has 4 aliphatic carbocycles. The van der Waals surface area contributed by atoms with Crippen molar-refractivity contribution in [1.82, 2.24) is 0 Å². The Kier molecular flexibility index (Phi) is 5.90. The Hall–Kier alpha value is -1.59. The van der Waals surface area contributed by atoms with Crippen molar-refractivity contribution >= 4 is 17.7 Å². The zero-order chi connectivity index (χ0) is 23.5. The number of fused-ring (bicyclic) bond motifs is 5. The highest BCUT2D eigenvalue weighted by Gasteiger charge is 2.66. The minimum atomic E-state index is -0.244. The van der Waals surface area contributed by atoms with Crippen LogP contribution in [0, 0.1) is 39.9 Å². The first kappa shape index (κ1) is 23.6. The van der Waals surface area contributed by atoms with Gasteiger partial charge in [0.1, 0.15) is 12.2 Å². The Morgan fingerprint density at radius 3 is 2.38 bits per heavy atom. The van der Waals surface area contributed by atoms with Crippen LogP contribution in [0.25, 0.3) is 0 Å². The topological polar surface area (TPSA) is 85.2 Å². The van der Waals surface area contributed by atoms with E-state index in [1.165, 1.54) is 13.8 Å². The largest absolute Gasteiger partial charge is 0.463 e. The third kappa shape index (κ3) is 3.38. The Bertz CT molecular complexity index is 810. The SMILES string of the molecule is CC(=O)O[C@H]1CC[C@]2(C)[C@H]3C/C(=N/O)[C@]4(C)[C@@H]([C@H](C)OC(C)=O)CC[C@H]4[C@@H]3CC[C@@]2(C)C1. The number of hydrogen-bond donors (Lipinski definition) is 1. The van der Waals surface area contributed by atoms with Crippen molar-refractivity contribution in [2.45, 2.75) is 105 Å². The van der Waals surface area contributed by atoms with E-state index in [1.807, 2.05) is 6.92 Å². The van der Waals surface area contributed by atoms with E-state index < -0.39 is 0 Å². The number of ether oxygens (including phenoxy) is 2. The van der Waals surface area contributed by atoms with Crippen LogP contribution in [0.3, 0.4) is 0 Å². The van der Waals surface area contributed by atoms with E-state index in [2.05, 4.69) is 25.9 Å². The summed E-state index contributed by atoms with van der Waals surface area (Å²) in [6.45, 7) is 12.1. The van der Waals surface area contributed by atoms with Gasteiger partial charge in [0, 0.05) is 25.2 Å². The van der Waals surface area contributed by atoms with Crippen LogP contribution >= 0.6 is 0 Å². The highest BCUT2D eigenvalue weighted by atomic mass is 16.5. The molecule has 0 saturated heterocycles. The van der Waals surface area contributed by atoms with E-state index >= 15 is 0 Å². The normalized spacial score (nSPS) is 47.7. The first-order valence-corrected chi connectivity index (χ1v) is 12.5. The molecule has 4 rings (SSSR count). The highest BCUT2D eigenvalue weighted by molar-refractivity contribution is 5.91. The maximum atomic E-state index is 11.6. The fraction of sp³-hybridized carbons (Fsp3) is 0.885. The summed E-state index contributed by atoms with van der Waals surface area (Å²) in [4.78, 5) is 23.2. The van der Waals surface area contributed by atoms with Crippen molar-refractivity contribution < 1.29 is 24.3 Å². The summed E-state index contributed by atoms with van der Waals surface area (Å²) in [7, 11) is 0. The fourth-order valence-corrected chi connectivity index (χ4v) is 8.94. The molecule has 32 heavy (non-hydrogen) atoms. The third-order valence-corrected chi connectivity index (χ3v) is 10.7. The van der Waals surface area contributed by atoms with Gasteiger partial charge in [0.15, 0.2) is 0 Å². The molecule has 0 spiro atoms. The average Bonchev–Trinajstić information content (AvgIpc) is 3.05. The molecule has 4 fully saturated rings. The van der Waals surface area contributed by atoms with Gasteiger partial charge < -0.3 is 14.7 Å². The van der Waals surface area contributed by atoms with Gasteiger partial charge in [-0.2, -0.15) is 0 Å². The van der Waals surface area contributed by atoms with E-state index in [0.717, 1.165) is 57.1 Å². The number of carbonyl (C=O) groups excluding carboxylic acids is 2. The van der Waals surface area contributed by atoms with Gasteiger partial charge in [-0.3, -0.25) is 9.59 Å². The standard InChI is InChI=1S/C26H41NO5/c1-15(31-16(2)28)20-7-8-21-19-10-11-24(4)14-18(32-17(3)29)9-12-25(24,5)22(19)13-23(27-30)26(20,21)6/h15,18-22,30H,7-14H2,1-6H3/b27-23-/t15-,18-,19-,20+,21-,22-,24-,25+,26+/m0/s1. The summed E-state index contributed by atoms with van der Waals surface area (Å²) in [5.74, 6) is 1.26. The molecular formula is C26H41NO5. The quantitative estimate of drug-likeness (QED) is 0.358. The molecular weight excluding hydrogens is 406 g/mol. The van der Waals surface area contributed by atoms with Crippen LogP contribution in [-0.2, 0) is 19.1 Å². The van der Waals surface area contributed by atoms with Gasteiger partial charge in [-0.15, -0.1) is 0 Å². The van der Waals surface area contributed by atoms with Crippen LogP contribution in [0.2, 0.25) is 0 Å². The summed E-state index contributed by atoms with van der Waals surface area (Å²) in [5, 5.41) is 14.1. The Morgan fingerprint density at radius 1 is 1.03 bits per heavy atom. The molecule has 6 nitrogen and oxygen atoms in total. The van der Waals surface area contributed by atoms with Crippen molar-refractivity contribution in [1.29, 1.82) is 0 Å². The molecule has 180 valence electrons. The van der Waals surface area contributed by atoms with Crippen LogP contribution in [0.15, 0.2) is 5.16 Å². The summed E-state index contributed by atoms with van der Waals surface area (Å²) >= 11 is 0. The van der Waals surface area contributed by atoms with Crippen LogP contribution < -0.4 is 0 Å². The lowest BCUT2D eigenvalue weighted by molar-refractivity contribution is -0.174. The number of carbonyl (C=O) groups is 2. The smallest absolute Gasteiger partial charge is 0.302 e. The van der Waals surface area contributed by atoms with E-state index in [0.29, 0.717) is 17.8 Å². The van der Waals surface area contributed by atoms with Crippen molar-refractivity contribution in [2.75, 3.05) is 0 Å². The van der Waals surface area contributed by atoms with Crippen molar-refractivity contribution in [3.63, 3.8) is 0 Å². The fourth-order valence-electron chi connectivity index (χ4n) is 8.94. The van der Waals surface area contributed by atoms with Gasteiger partial charge in [0.2, 0.25) is 0 Å². The molecule has 4 saturated carbocycles. The second kappa shape index (κ2) is 8.02. The van der Waals surface area contributed by atoms with Crippen LogP contribution in [0.4, 0.5) is 0 Å². The van der Waals surface area contributed by atoms with Gasteiger partial charge in [-0.25, -0.2) is 0 Å². The van der Waals surface area contributed by atoms with Crippen molar-refractivity contribution in [3.8, 4) is 0 Å². The minimum Gasteiger partial charge on any atom is -0.463 e. The van der Waals surface area contributed by atoms with E-state index in [4.69, 9.17) is 9.47 Å². The summed E-state index contributed by atoms with van der Waals surface area (Å²) < 4.78 is 11.3. The second-order valence-corrected chi connectivity index (χ2v) is 11.9. The second-order valence-electron chi connectivity index (χ2n) is 11.9. The molecule has 0 heterocycles. The molecule has 0 bridgehead atoms. The minimum absolute atomic E-state index is 0.0161. The van der Waals surface area contributed by atoms with Gasteiger partial charge in [-0.1, -0.05) is 25.9 Å². The molecule has 0 amide bonds. The molecule has 6 heteroatoms. The molecule has 0 aromatic heterocycles. The predicted molar refractivity (Wildman–Crippen MR) is 121 cm³/mol.